The lowest BCUT2D eigenvalue weighted by atomic mass is 9.35. The second kappa shape index (κ2) is 7.01. The van der Waals surface area contributed by atoms with Crippen LogP contribution in [0.15, 0.2) is 23.0 Å². The Bertz CT molecular complexity index is 1240. The highest BCUT2D eigenvalue weighted by Gasteiger charge is 2.93. The van der Waals surface area contributed by atoms with E-state index in [4.69, 9.17) is 23.4 Å². The number of furan rings is 1. The molecule has 10 heteroatoms. The highest BCUT2D eigenvalue weighted by molar-refractivity contribution is 5.73. The number of aliphatic hydroxyl groups is 2. The molecular weight excluding hydrogens is 496 g/mol. The molecule has 10 atom stereocenters. The van der Waals surface area contributed by atoms with Crippen LogP contribution in [0, 0.1) is 34.0 Å². The normalized spacial score (nSPS) is 51.8. The van der Waals surface area contributed by atoms with Crippen LogP contribution in [0.3, 0.4) is 0 Å². The van der Waals surface area contributed by atoms with Crippen LogP contribution < -0.4 is 0 Å². The van der Waals surface area contributed by atoms with E-state index in [0.29, 0.717) is 12.8 Å². The molecule has 2 aliphatic carbocycles. The third kappa shape index (κ3) is 2.45. The summed E-state index contributed by atoms with van der Waals surface area (Å²) in [6.45, 7) is 6.97. The van der Waals surface area contributed by atoms with Crippen LogP contribution in [0.4, 0.5) is 0 Å². The lowest BCUT2D eigenvalue weighted by Crippen LogP contribution is -2.82. The Morgan fingerprint density at radius 2 is 1.82 bits per heavy atom. The van der Waals surface area contributed by atoms with E-state index >= 15 is 0 Å². The molecule has 206 valence electrons. The first-order valence-corrected chi connectivity index (χ1v) is 13.5. The third-order valence-corrected chi connectivity index (χ3v) is 11.5. The molecule has 5 heterocycles. The fraction of sp³-hybridized carbons (Fsp3) is 0.750. The zero-order chi connectivity index (χ0) is 27.1. The molecule has 7 rings (SSSR count). The first-order chi connectivity index (χ1) is 17.8. The number of ether oxygens (including phenoxy) is 4. The van der Waals surface area contributed by atoms with Gasteiger partial charge in [-0.2, -0.15) is 0 Å². The summed E-state index contributed by atoms with van der Waals surface area (Å²) < 4.78 is 29.4. The Morgan fingerprint density at radius 3 is 2.50 bits per heavy atom. The Morgan fingerprint density at radius 1 is 1.08 bits per heavy atom. The Balaban J connectivity index is 1.44. The molecule has 1 aromatic rings. The van der Waals surface area contributed by atoms with Crippen LogP contribution in [0.1, 0.15) is 71.5 Å². The molecule has 0 radical (unpaired) electrons. The second-order valence-corrected chi connectivity index (χ2v) is 13.4. The second-order valence-electron chi connectivity index (χ2n) is 13.4. The molecular formula is C28H34O10. The van der Waals surface area contributed by atoms with Gasteiger partial charge in [-0.3, -0.25) is 14.4 Å². The molecule has 2 saturated carbocycles. The topological polar surface area (TPSA) is 142 Å². The molecule has 2 spiro atoms. The molecule has 1 aromatic heterocycles. The van der Waals surface area contributed by atoms with Gasteiger partial charge in [0, 0.05) is 48.0 Å². The van der Waals surface area contributed by atoms with Crippen LogP contribution in [0.5, 0.6) is 0 Å². The van der Waals surface area contributed by atoms with Gasteiger partial charge in [0.05, 0.1) is 30.0 Å². The third-order valence-electron chi connectivity index (χ3n) is 11.5. The average molecular weight is 531 g/mol. The van der Waals surface area contributed by atoms with E-state index < -0.39 is 75.2 Å². The molecule has 10 unspecified atom stereocenters. The maximum atomic E-state index is 13.1. The smallest absolute Gasteiger partial charge is 0.306 e. The number of rotatable bonds is 2. The zero-order valence-electron chi connectivity index (χ0n) is 22.0. The molecule has 10 nitrogen and oxygen atoms in total. The van der Waals surface area contributed by atoms with E-state index in [-0.39, 0.29) is 31.8 Å². The summed E-state index contributed by atoms with van der Waals surface area (Å²) in [4.78, 5) is 38.1. The number of carbonyl (C=O) groups is 3. The van der Waals surface area contributed by atoms with E-state index in [1.54, 1.807) is 18.6 Å². The quantitative estimate of drug-likeness (QED) is 0.432. The Labute approximate surface area is 219 Å². The van der Waals surface area contributed by atoms with Crippen molar-refractivity contribution in [2.45, 2.75) is 89.0 Å². The van der Waals surface area contributed by atoms with Crippen LogP contribution >= 0.6 is 0 Å². The molecule has 6 aliphatic rings. The summed E-state index contributed by atoms with van der Waals surface area (Å²) in [5, 5.41) is 25.1. The summed E-state index contributed by atoms with van der Waals surface area (Å²) in [6.07, 6.45) is 2.70. The van der Waals surface area contributed by atoms with Crippen molar-refractivity contribution in [3.05, 3.63) is 24.2 Å². The molecule has 0 amide bonds. The fourth-order valence-electron chi connectivity index (χ4n) is 10.3. The van der Waals surface area contributed by atoms with Crippen LogP contribution in [-0.4, -0.2) is 57.8 Å². The number of hydrogen-bond acceptors (Lipinski definition) is 10. The first-order valence-electron chi connectivity index (χ1n) is 13.5. The zero-order valence-corrected chi connectivity index (χ0v) is 22.0. The molecule has 2 bridgehead atoms. The van der Waals surface area contributed by atoms with Crippen LogP contribution in [0.2, 0.25) is 0 Å². The summed E-state index contributed by atoms with van der Waals surface area (Å²) in [5.41, 5.74) is -4.97. The van der Waals surface area contributed by atoms with Gasteiger partial charge in [-0.15, -0.1) is 0 Å². The monoisotopic (exact) mass is 530 g/mol. The SMILES string of the molecule is CC(=O)OC1C(C)(C)C2CC(=O)OCC23C2CCC4(C)C(c5ccoc5)OC(=O)CC4C24CC1(O)C3(O)O4. The van der Waals surface area contributed by atoms with Crippen molar-refractivity contribution in [2.75, 3.05) is 6.61 Å². The molecule has 0 aromatic carbocycles. The molecule has 2 N–H and O–H groups in total. The summed E-state index contributed by atoms with van der Waals surface area (Å²) in [6, 6.07) is 1.78. The van der Waals surface area contributed by atoms with Gasteiger partial charge < -0.3 is 33.6 Å². The van der Waals surface area contributed by atoms with Crippen molar-refractivity contribution in [2.24, 2.45) is 34.0 Å². The first kappa shape index (κ1) is 24.6. The minimum absolute atomic E-state index is 0.000710. The van der Waals surface area contributed by atoms with Gasteiger partial charge in [-0.05, 0) is 24.8 Å². The van der Waals surface area contributed by atoms with Crippen molar-refractivity contribution in [1.82, 2.24) is 0 Å². The summed E-state index contributed by atoms with van der Waals surface area (Å²) in [7, 11) is 0. The predicted molar refractivity (Wildman–Crippen MR) is 126 cm³/mol. The summed E-state index contributed by atoms with van der Waals surface area (Å²) in [5.74, 6) is -4.76. The van der Waals surface area contributed by atoms with Crippen molar-refractivity contribution in [1.29, 1.82) is 0 Å². The van der Waals surface area contributed by atoms with Crippen LogP contribution in [-0.2, 0) is 33.3 Å². The average Bonchev–Trinajstić information content (AvgIpc) is 3.50. The number of carbonyl (C=O) groups excluding carboxylic acids is 3. The number of hydrogen-bond donors (Lipinski definition) is 2. The lowest BCUT2D eigenvalue weighted by molar-refractivity contribution is -0.388. The standard InChI is InChI=1S/C28H34O10/c1-14(29)36-22-23(2,3)17-9-19(30)35-13-25(17)16-5-7-24(4)18(26(16)12-27(22,32)28(25,33)38-26)10-20(31)37-21(24)15-6-8-34-11-15/h6,8,11,16-18,21-22,32-33H,5,7,9-10,12-13H2,1-4H3. The van der Waals surface area contributed by atoms with Crippen molar-refractivity contribution < 1.29 is 48.0 Å². The number of esters is 3. The largest absolute Gasteiger partial charge is 0.472 e. The molecule has 4 aliphatic heterocycles. The van der Waals surface area contributed by atoms with Gasteiger partial charge in [-0.1, -0.05) is 20.8 Å². The van der Waals surface area contributed by atoms with E-state index in [2.05, 4.69) is 6.92 Å². The van der Waals surface area contributed by atoms with Crippen molar-refractivity contribution >= 4 is 17.9 Å². The van der Waals surface area contributed by atoms with Gasteiger partial charge in [0.15, 0.2) is 5.60 Å². The molecule has 4 saturated heterocycles. The van der Waals surface area contributed by atoms with Crippen LogP contribution in [0.25, 0.3) is 0 Å². The Hall–Kier alpha value is -2.43. The highest BCUT2D eigenvalue weighted by atomic mass is 16.7. The van der Waals surface area contributed by atoms with Gasteiger partial charge in [0.25, 0.3) is 0 Å². The minimum Gasteiger partial charge on any atom is -0.472 e. The van der Waals surface area contributed by atoms with Gasteiger partial charge in [0.1, 0.15) is 18.8 Å². The number of cyclic esters (lactones) is 2. The van der Waals surface area contributed by atoms with Gasteiger partial charge in [0.2, 0.25) is 5.79 Å². The summed E-state index contributed by atoms with van der Waals surface area (Å²) >= 11 is 0. The molecule has 6 fully saturated rings. The minimum atomic E-state index is -2.15. The molecule has 38 heavy (non-hydrogen) atoms. The van der Waals surface area contributed by atoms with E-state index in [1.165, 1.54) is 6.92 Å². The van der Waals surface area contributed by atoms with E-state index in [0.717, 1.165) is 5.56 Å². The van der Waals surface area contributed by atoms with Crippen molar-refractivity contribution in [3.8, 4) is 0 Å². The highest BCUT2D eigenvalue weighted by Crippen LogP contribution is 2.82. The predicted octanol–water partition coefficient (Wildman–Crippen LogP) is 2.41. The lowest BCUT2D eigenvalue weighted by Gasteiger charge is -2.70. The van der Waals surface area contributed by atoms with Gasteiger partial charge >= 0.3 is 17.9 Å². The Kier molecular flexibility index (Phi) is 4.54. The maximum Gasteiger partial charge on any atom is 0.306 e. The van der Waals surface area contributed by atoms with Crippen molar-refractivity contribution in [3.63, 3.8) is 0 Å². The van der Waals surface area contributed by atoms with E-state index in [1.807, 2.05) is 13.8 Å². The fourth-order valence-corrected chi connectivity index (χ4v) is 10.3. The number of fused-ring (bicyclic) bond motifs is 1. The van der Waals surface area contributed by atoms with Gasteiger partial charge in [-0.25, -0.2) is 0 Å². The maximum absolute atomic E-state index is 13.1. The van der Waals surface area contributed by atoms with E-state index in [9.17, 15) is 24.6 Å².